The van der Waals surface area contributed by atoms with E-state index < -0.39 is 12.1 Å². The summed E-state index contributed by atoms with van der Waals surface area (Å²) in [6, 6.07) is -0.846. The highest BCUT2D eigenvalue weighted by molar-refractivity contribution is 5.96. The van der Waals surface area contributed by atoms with Gasteiger partial charge in [0.2, 0.25) is 11.8 Å². The summed E-state index contributed by atoms with van der Waals surface area (Å²) in [7, 11) is 1.83. The van der Waals surface area contributed by atoms with Gasteiger partial charge in [-0.1, -0.05) is 13.8 Å². The summed E-state index contributed by atoms with van der Waals surface area (Å²) < 4.78 is 1.69. The molecule has 0 bridgehead atoms. The quantitative estimate of drug-likeness (QED) is 0.881. The van der Waals surface area contributed by atoms with Crippen LogP contribution in [0.3, 0.4) is 0 Å². The molecule has 2 heterocycles. The molecule has 1 fully saturated rings. The van der Waals surface area contributed by atoms with Gasteiger partial charge in [-0.15, -0.1) is 0 Å². The average molecular weight is 278 g/mol. The molecule has 0 saturated carbocycles. The average Bonchev–Trinajstić information content (AvgIpc) is 2.77. The lowest BCUT2D eigenvalue weighted by Crippen LogP contribution is -2.62. The first-order valence-corrected chi connectivity index (χ1v) is 6.97. The minimum atomic E-state index is -0.439. The molecular formula is C14H22N4O2. The molecule has 1 aliphatic rings. The minimum Gasteiger partial charge on any atom is -0.343 e. The van der Waals surface area contributed by atoms with Crippen LogP contribution in [0.2, 0.25) is 0 Å². The summed E-state index contributed by atoms with van der Waals surface area (Å²) >= 11 is 0. The molecule has 1 saturated heterocycles. The molecule has 2 rings (SSSR count). The number of carbonyl (C=O) groups excluding carboxylic acids is 2. The second kappa shape index (κ2) is 5.64. The number of carbonyl (C=O) groups is 2. The van der Waals surface area contributed by atoms with Gasteiger partial charge in [0, 0.05) is 25.4 Å². The van der Waals surface area contributed by atoms with Gasteiger partial charge in [-0.25, -0.2) is 0 Å². The molecule has 0 spiro atoms. The van der Waals surface area contributed by atoms with Crippen molar-refractivity contribution in [2.24, 2.45) is 13.0 Å². The Hall–Kier alpha value is -1.85. The Morgan fingerprint density at radius 2 is 2.10 bits per heavy atom. The van der Waals surface area contributed by atoms with Crippen LogP contribution in [0.4, 0.5) is 0 Å². The number of nitrogens with one attached hydrogen (secondary N) is 1. The maximum Gasteiger partial charge on any atom is 0.246 e. The van der Waals surface area contributed by atoms with Crippen LogP contribution in [-0.2, 0) is 23.2 Å². The van der Waals surface area contributed by atoms with Crippen molar-refractivity contribution in [1.29, 1.82) is 0 Å². The number of piperazine rings is 1. The van der Waals surface area contributed by atoms with Crippen molar-refractivity contribution < 1.29 is 9.59 Å². The van der Waals surface area contributed by atoms with Crippen LogP contribution in [0, 0.1) is 5.92 Å². The van der Waals surface area contributed by atoms with E-state index >= 15 is 0 Å². The molecule has 0 aromatic carbocycles. The SMILES string of the molecule is CC(C)CC1NC(=O)C(C)N(Cc2cnn(C)c2)C1=O. The van der Waals surface area contributed by atoms with Crippen molar-refractivity contribution in [2.45, 2.75) is 45.8 Å². The maximum atomic E-state index is 12.5. The van der Waals surface area contributed by atoms with E-state index in [0.29, 0.717) is 18.9 Å². The third kappa shape index (κ3) is 3.00. The zero-order valence-electron chi connectivity index (χ0n) is 12.5. The van der Waals surface area contributed by atoms with E-state index in [2.05, 4.69) is 10.4 Å². The lowest BCUT2D eigenvalue weighted by Gasteiger charge is -2.37. The van der Waals surface area contributed by atoms with Gasteiger partial charge in [0.05, 0.1) is 6.20 Å². The molecule has 20 heavy (non-hydrogen) atoms. The van der Waals surface area contributed by atoms with Crippen molar-refractivity contribution in [1.82, 2.24) is 20.0 Å². The van der Waals surface area contributed by atoms with Gasteiger partial charge in [-0.2, -0.15) is 5.10 Å². The Morgan fingerprint density at radius 3 is 2.65 bits per heavy atom. The van der Waals surface area contributed by atoms with Gasteiger partial charge in [0.15, 0.2) is 0 Å². The van der Waals surface area contributed by atoms with Crippen LogP contribution < -0.4 is 5.32 Å². The zero-order chi connectivity index (χ0) is 14.9. The molecule has 1 N–H and O–H groups in total. The summed E-state index contributed by atoms with van der Waals surface area (Å²) in [4.78, 5) is 26.2. The number of nitrogens with zero attached hydrogens (tertiary/aromatic N) is 3. The highest BCUT2D eigenvalue weighted by Gasteiger charge is 2.38. The molecule has 1 aromatic heterocycles. The van der Waals surface area contributed by atoms with Gasteiger partial charge in [0.1, 0.15) is 12.1 Å². The second-order valence-corrected chi connectivity index (χ2v) is 5.86. The fourth-order valence-corrected chi connectivity index (χ4v) is 2.48. The lowest BCUT2D eigenvalue weighted by molar-refractivity contribution is -0.149. The normalized spacial score (nSPS) is 23.4. The van der Waals surface area contributed by atoms with E-state index in [-0.39, 0.29) is 11.8 Å². The third-order valence-corrected chi connectivity index (χ3v) is 3.56. The Morgan fingerprint density at radius 1 is 1.40 bits per heavy atom. The van der Waals surface area contributed by atoms with Crippen molar-refractivity contribution in [2.75, 3.05) is 0 Å². The molecule has 6 nitrogen and oxygen atoms in total. The smallest absolute Gasteiger partial charge is 0.246 e. The van der Waals surface area contributed by atoms with Gasteiger partial charge in [-0.3, -0.25) is 14.3 Å². The van der Waals surface area contributed by atoms with E-state index in [1.807, 2.05) is 27.1 Å². The van der Waals surface area contributed by atoms with Gasteiger partial charge >= 0.3 is 0 Å². The zero-order valence-corrected chi connectivity index (χ0v) is 12.5. The largest absolute Gasteiger partial charge is 0.343 e. The van der Waals surface area contributed by atoms with E-state index in [1.165, 1.54) is 0 Å². The Balaban J connectivity index is 2.15. The first-order chi connectivity index (χ1) is 9.38. The molecule has 1 aromatic rings. The maximum absolute atomic E-state index is 12.5. The van der Waals surface area contributed by atoms with E-state index in [1.54, 1.807) is 22.7 Å². The van der Waals surface area contributed by atoms with Crippen molar-refractivity contribution in [3.05, 3.63) is 18.0 Å². The third-order valence-electron chi connectivity index (χ3n) is 3.56. The van der Waals surface area contributed by atoms with Crippen molar-refractivity contribution >= 4 is 11.8 Å². The van der Waals surface area contributed by atoms with Gasteiger partial charge in [-0.05, 0) is 19.3 Å². The Kier molecular flexibility index (Phi) is 4.11. The standard InChI is InChI=1S/C14H22N4O2/c1-9(2)5-12-14(20)18(10(3)13(19)16-12)8-11-6-15-17(4)7-11/h6-7,9-10,12H,5,8H2,1-4H3,(H,16,19). The van der Waals surface area contributed by atoms with E-state index in [9.17, 15) is 9.59 Å². The van der Waals surface area contributed by atoms with Gasteiger partial charge < -0.3 is 10.2 Å². The molecule has 1 aliphatic heterocycles. The van der Waals surface area contributed by atoms with E-state index in [0.717, 1.165) is 5.56 Å². The van der Waals surface area contributed by atoms with E-state index in [4.69, 9.17) is 0 Å². The molecule has 110 valence electrons. The van der Waals surface area contributed by atoms with Gasteiger partial charge in [0.25, 0.3) is 0 Å². The molecule has 6 heteroatoms. The van der Waals surface area contributed by atoms with Crippen LogP contribution in [0.15, 0.2) is 12.4 Å². The molecule has 2 amide bonds. The first kappa shape index (κ1) is 14.6. The number of amides is 2. The highest BCUT2D eigenvalue weighted by atomic mass is 16.2. The summed E-state index contributed by atoms with van der Waals surface area (Å²) in [5, 5.41) is 6.91. The Bertz CT molecular complexity index is 509. The fraction of sp³-hybridized carbons (Fsp3) is 0.643. The van der Waals surface area contributed by atoms with Crippen LogP contribution >= 0.6 is 0 Å². The number of aromatic nitrogens is 2. The lowest BCUT2D eigenvalue weighted by atomic mass is 9.98. The topological polar surface area (TPSA) is 67.2 Å². The summed E-state index contributed by atoms with van der Waals surface area (Å²) in [6.07, 6.45) is 4.26. The molecule has 2 unspecified atom stereocenters. The molecule has 0 radical (unpaired) electrons. The van der Waals surface area contributed by atoms with Crippen LogP contribution in [0.25, 0.3) is 0 Å². The number of hydrogen-bond donors (Lipinski definition) is 1. The summed E-state index contributed by atoms with van der Waals surface area (Å²) in [6.45, 7) is 6.27. The van der Waals surface area contributed by atoms with Crippen LogP contribution in [0.5, 0.6) is 0 Å². The Labute approximate surface area is 119 Å². The summed E-state index contributed by atoms with van der Waals surface area (Å²) in [5.74, 6) is 0.270. The predicted molar refractivity (Wildman–Crippen MR) is 74.6 cm³/mol. The number of rotatable bonds is 4. The van der Waals surface area contributed by atoms with Crippen molar-refractivity contribution in [3.63, 3.8) is 0 Å². The second-order valence-electron chi connectivity index (χ2n) is 5.86. The van der Waals surface area contributed by atoms with Crippen molar-refractivity contribution in [3.8, 4) is 0 Å². The molecule has 0 aliphatic carbocycles. The van der Waals surface area contributed by atoms with Crippen LogP contribution in [0.1, 0.15) is 32.8 Å². The monoisotopic (exact) mass is 278 g/mol. The number of aryl methyl sites for hydroxylation is 1. The summed E-state index contributed by atoms with van der Waals surface area (Å²) in [5.41, 5.74) is 0.936. The molecular weight excluding hydrogens is 256 g/mol. The minimum absolute atomic E-state index is 0.00495. The first-order valence-electron chi connectivity index (χ1n) is 6.97. The number of hydrogen-bond acceptors (Lipinski definition) is 3. The van der Waals surface area contributed by atoms with Crippen LogP contribution in [-0.4, -0.2) is 38.6 Å². The fourth-order valence-electron chi connectivity index (χ4n) is 2.48. The highest BCUT2D eigenvalue weighted by Crippen LogP contribution is 2.18. The predicted octanol–water partition coefficient (Wildman–Crippen LogP) is 0.682. The molecule has 2 atom stereocenters.